The number of ketones is 1. The lowest BCUT2D eigenvalue weighted by atomic mass is 10.1. The number of likely N-dealkylation sites (N-methyl/N-ethyl adjacent to an activating group) is 1. The highest BCUT2D eigenvalue weighted by molar-refractivity contribution is 6.06. The number of benzene rings is 1. The summed E-state index contributed by atoms with van der Waals surface area (Å²) in [6.45, 7) is 0.653. The van der Waals surface area contributed by atoms with Gasteiger partial charge in [0.2, 0.25) is 0 Å². The van der Waals surface area contributed by atoms with Gasteiger partial charge in [-0.3, -0.25) is 9.78 Å². The van der Waals surface area contributed by atoms with Crippen LogP contribution >= 0.6 is 0 Å². The van der Waals surface area contributed by atoms with Gasteiger partial charge in [0.1, 0.15) is 12.7 Å². The number of hydrogen-bond donors (Lipinski definition) is 1. The summed E-state index contributed by atoms with van der Waals surface area (Å²) in [5.41, 5.74) is 1.37. The molecule has 0 radical (unpaired) electrons. The lowest BCUT2D eigenvalue weighted by Gasteiger charge is -2.17. The Balaban J connectivity index is 2.08. The fourth-order valence-electron chi connectivity index (χ4n) is 2.35. The monoisotopic (exact) mass is 356 g/mol. The summed E-state index contributed by atoms with van der Waals surface area (Å²) in [5.74, 6) is 0.982. The van der Waals surface area contributed by atoms with Crippen LogP contribution in [0.3, 0.4) is 0 Å². The number of pyridine rings is 1. The molecule has 0 aliphatic carbocycles. The minimum atomic E-state index is -0.609. The second-order valence-electron chi connectivity index (χ2n) is 6.07. The van der Waals surface area contributed by atoms with E-state index >= 15 is 0 Å². The van der Waals surface area contributed by atoms with Gasteiger partial charge in [-0.1, -0.05) is 12.1 Å². The van der Waals surface area contributed by atoms with Gasteiger partial charge in [-0.25, -0.2) is 0 Å². The first-order valence-electron chi connectivity index (χ1n) is 8.25. The smallest absolute Gasteiger partial charge is 0.185 e. The van der Waals surface area contributed by atoms with Crippen molar-refractivity contribution in [1.82, 2.24) is 9.88 Å². The molecule has 1 atom stereocenters. The quantitative estimate of drug-likeness (QED) is 0.549. The normalized spacial score (nSPS) is 12.3. The molecule has 0 amide bonds. The standard InChI is InChI=1S/C20H24N2O4/c1-22(2)13-17(23)14-26-20-12-15(5-7-19(20)25-3)4-6-18(24)16-8-10-21-11-9-16/h4-12,17,23H,13-14H2,1-3H3/b6-4+. The minimum Gasteiger partial charge on any atom is -0.493 e. The molecule has 2 aromatic rings. The molecule has 138 valence electrons. The fraction of sp³-hybridized carbons (Fsp3) is 0.300. The molecule has 0 spiro atoms. The number of ether oxygens (including phenoxy) is 2. The summed E-state index contributed by atoms with van der Waals surface area (Å²) in [7, 11) is 5.32. The van der Waals surface area contributed by atoms with E-state index in [4.69, 9.17) is 9.47 Å². The Bertz CT molecular complexity index is 745. The Kier molecular flexibility index (Phi) is 7.32. The average Bonchev–Trinajstić information content (AvgIpc) is 2.64. The third-order valence-corrected chi connectivity index (χ3v) is 3.59. The van der Waals surface area contributed by atoms with Gasteiger partial charge in [0, 0.05) is 24.5 Å². The van der Waals surface area contributed by atoms with Crippen molar-refractivity contribution < 1.29 is 19.4 Å². The van der Waals surface area contributed by atoms with Crippen molar-refractivity contribution in [3.63, 3.8) is 0 Å². The fourth-order valence-corrected chi connectivity index (χ4v) is 2.35. The highest BCUT2D eigenvalue weighted by Crippen LogP contribution is 2.28. The van der Waals surface area contributed by atoms with Crippen LogP contribution in [0.15, 0.2) is 48.8 Å². The van der Waals surface area contributed by atoms with E-state index in [2.05, 4.69) is 4.98 Å². The van der Waals surface area contributed by atoms with Crippen molar-refractivity contribution in [1.29, 1.82) is 0 Å². The number of carbonyl (C=O) groups excluding carboxylic acids is 1. The van der Waals surface area contributed by atoms with Crippen molar-refractivity contribution in [3.05, 3.63) is 59.9 Å². The first-order valence-corrected chi connectivity index (χ1v) is 8.25. The summed E-state index contributed by atoms with van der Waals surface area (Å²) < 4.78 is 11.0. The summed E-state index contributed by atoms with van der Waals surface area (Å²) in [5, 5.41) is 9.94. The van der Waals surface area contributed by atoms with Gasteiger partial charge < -0.3 is 19.5 Å². The highest BCUT2D eigenvalue weighted by Gasteiger charge is 2.10. The maximum absolute atomic E-state index is 12.1. The maximum Gasteiger partial charge on any atom is 0.185 e. The second-order valence-corrected chi connectivity index (χ2v) is 6.07. The van der Waals surface area contributed by atoms with Crippen LogP contribution in [-0.2, 0) is 0 Å². The summed E-state index contributed by atoms with van der Waals surface area (Å²) in [6, 6.07) is 8.71. The van der Waals surface area contributed by atoms with Crippen LogP contribution in [0.2, 0.25) is 0 Å². The predicted octanol–water partition coefficient (Wildman–Crippen LogP) is 2.29. The zero-order valence-electron chi connectivity index (χ0n) is 15.3. The van der Waals surface area contributed by atoms with Gasteiger partial charge in [0.15, 0.2) is 17.3 Å². The largest absolute Gasteiger partial charge is 0.493 e. The molecule has 0 aliphatic heterocycles. The van der Waals surface area contributed by atoms with Gasteiger partial charge in [-0.15, -0.1) is 0 Å². The van der Waals surface area contributed by atoms with Crippen molar-refractivity contribution in [2.45, 2.75) is 6.10 Å². The Morgan fingerprint density at radius 2 is 1.96 bits per heavy atom. The Hall–Kier alpha value is -2.70. The number of aliphatic hydroxyl groups is 1. The number of nitrogens with zero attached hydrogens (tertiary/aromatic N) is 2. The minimum absolute atomic E-state index is 0.105. The number of rotatable bonds is 9. The van der Waals surface area contributed by atoms with E-state index in [0.717, 1.165) is 5.56 Å². The van der Waals surface area contributed by atoms with Crippen molar-refractivity contribution in [2.75, 3.05) is 34.4 Å². The molecule has 1 N–H and O–H groups in total. The van der Waals surface area contributed by atoms with E-state index in [0.29, 0.717) is 23.6 Å². The summed E-state index contributed by atoms with van der Waals surface area (Å²) in [6.07, 6.45) is 5.77. The molecular formula is C20H24N2O4. The van der Waals surface area contributed by atoms with Gasteiger partial charge in [-0.2, -0.15) is 0 Å². The third-order valence-electron chi connectivity index (χ3n) is 3.59. The van der Waals surface area contributed by atoms with Gasteiger partial charge in [0.25, 0.3) is 0 Å². The van der Waals surface area contributed by atoms with Gasteiger partial charge in [-0.05, 0) is 50.0 Å². The number of carbonyl (C=O) groups is 1. The molecule has 1 heterocycles. The molecule has 0 fully saturated rings. The molecule has 1 aromatic carbocycles. The zero-order chi connectivity index (χ0) is 18.9. The number of aromatic nitrogens is 1. The van der Waals surface area contributed by atoms with Crippen LogP contribution in [0.5, 0.6) is 11.5 Å². The van der Waals surface area contributed by atoms with Crippen LogP contribution in [0, 0.1) is 0 Å². The van der Waals surface area contributed by atoms with E-state index in [1.807, 2.05) is 25.1 Å². The van der Waals surface area contributed by atoms with Crippen LogP contribution < -0.4 is 9.47 Å². The highest BCUT2D eigenvalue weighted by atomic mass is 16.5. The predicted molar refractivity (Wildman–Crippen MR) is 101 cm³/mol. The van der Waals surface area contributed by atoms with Crippen LogP contribution in [0.25, 0.3) is 6.08 Å². The number of methoxy groups -OCH3 is 1. The summed E-state index contributed by atoms with van der Waals surface area (Å²) in [4.78, 5) is 17.9. The lowest BCUT2D eigenvalue weighted by Crippen LogP contribution is -2.30. The maximum atomic E-state index is 12.1. The molecule has 6 nitrogen and oxygen atoms in total. The van der Waals surface area contributed by atoms with Crippen LogP contribution in [0.1, 0.15) is 15.9 Å². The van der Waals surface area contributed by atoms with E-state index in [9.17, 15) is 9.90 Å². The number of hydrogen-bond acceptors (Lipinski definition) is 6. The zero-order valence-corrected chi connectivity index (χ0v) is 15.3. The average molecular weight is 356 g/mol. The van der Waals surface area contributed by atoms with E-state index in [1.165, 1.54) is 6.08 Å². The molecule has 26 heavy (non-hydrogen) atoms. The molecule has 0 bridgehead atoms. The van der Waals surface area contributed by atoms with Crippen LogP contribution in [0.4, 0.5) is 0 Å². The molecule has 6 heteroatoms. The van der Waals surface area contributed by atoms with E-state index in [-0.39, 0.29) is 12.4 Å². The first kappa shape index (κ1) is 19.6. The molecule has 0 saturated heterocycles. The van der Waals surface area contributed by atoms with Crippen molar-refractivity contribution in [3.8, 4) is 11.5 Å². The van der Waals surface area contributed by atoms with Gasteiger partial charge >= 0.3 is 0 Å². The van der Waals surface area contributed by atoms with E-state index < -0.39 is 6.10 Å². The molecule has 2 rings (SSSR count). The lowest BCUT2D eigenvalue weighted by molar-refractivity contribution is 0.0818. The molecule has 0 saturated carbocycles. The second kappa shape index (κ2) is 9.70. The SMILES string of the molecule is COc1ccc(/C=C/C(=O)c2ccncc2)cc1OCC(O)CN(C)C. The molecular weight excluding hydrogens is 332 g/mol. The Morgan fingerprint density at radius 3 is 2.62 bits per heavy atom. The Labute approximate surface area is 153 Å². The third kappa shape index (κ3) is 5.98. The number of aliphatic hydroxyl groups excluding tert-OH is 1. The van der Waals surface area contributed by atoms with Gasteiger partial charge in [0.05, 0.1) is 7.11 Å². The topological polar surface area (TPSA) is 71.9 Å². The van der Waals surface area contributed by atoms with E-state index in [1.54, 1.807) is 49.8 Å². The molecule has 1 aromatic heterocycles. The molecule has 0 aliphatic rings. The van der Waals surface area contributed by atoms with Crippen LogP contribution in [-0.4, -0.2) is 61.2 Å². The first-order chi connectivity index (χ1) is 12.5. The van der Waals surface area contributed by atoms with Crippen molar-refractivity contribution in [2.24, 2.45) is 0 Å². The number of allylic oxidation sites excluding steroid dienone is 1. The summed E-state index contributed by atoms with van der Waals surface area (Å²) >= 11 is 0. The molecule has 1 unspecified atom stereocenters. The van der Waals surface area contributed by atoms with Crippen molar-refractivity contribution >= 4 is 11.9 Å². The Morgan fingerprint density at radius 1 is 1.23 bits per heavy atom.